The van der Waals surface area contributed by atoms with Crippen LogP contribution in [0.25, 0.3) is 0 Å². The molecule has 2 heteroatoms. The Balaban J connectivity index is 2.35. The molecule has 0 aliphatic heterocycles. The summed E-state index contributed by atoms with van der Waals surface area (Å²) in [6, 6.07) is 9.07. The summed E-state index contributed by atoms with van der Waals surface area (Å²) in [6.07, 6.45) is 3.89. The first kappa shape index (κ1) is 16.2. The minimum Gasteiger partial charge on any atom is -0.380 e. The lowest BCUT2D eigenvalue weighted by Gasteiger charge is -2.16. The second-order valence-corrected chi connectivity index (χ2v) is 5.81. The zero-order valence-electron chi connectivity index (χ0n) is 12.9. The van der Waals surface area contributed by atoms with Crippen molar-refractivity contribution in [2.24, 2.45) is 5.92 Å². The molecule has 19 heavy (non-hydrogen) atoms. The second kappa shape index (κ2) is 9.11. The van der Waals surface area contributed by atoms with E-state index in [1.54, 1.807) is 7.11 Å². The Morgan fingerprint density at radius 2 is 1.74 bits per heavy atom. The van der Waals surface area contributed by atoms with E-state index in [0.29, 0.717) is 12.6 Å². The number of methoxy groups -OCH3 is 1. The molecule has 0 aromatic heterocycles. The summed E-state index contributed by atoms with van der Waals surface area (Å²) in [5.74, 6) is 0.814. The third-order valence-electron chi connectivity index (χ3n) is 3.48. The van der Waals surface area contributed by atoms with Gasteiger partial charge in [-0.2, -0.15) is 0 Å². The van der Waals surface area contributed by atoms with Crippen LogP contribution in [-0.4, -0.2) is 13.2 Å². The standard InChI is InChI=1S/C17H29NO/c1-14(2)8-7-9-15(3)18-12-16-10-5-6-11-17(16)13-19-4/h5-6,10-11,14-15,18H,7-9,12-13H2,1-4H3. The van der Waals surface area contributed by atoms with Gasteiger partial charge in [0.1, 0.15) is 0 Å². The highest BCUT2D eigenvalue weighted by atomic mass is 16.5. The highest BCUT2D eigenvalue weighted by molar-refractivity contribution is 5.26. The second-order valence-electron chi connectivity index (χ2n) is 5.81. The smallest absolute Gasteiger partial charge is 0.0716 e. The third-order valence-corrected chi connectivity index (χ3v) is 3.48. The van der Waals surface area contributed by atoms with E-state index in [2.05, 4.69) is 50.4 Å². The van der Waals surface area contributed by atoms with Crippen molar-refractivity contribution in [3.63, 3.8) is 0 Å². The molecule has 1 unspecified atom stereocenters. The molecule has 0 spiro atoms. The van der Waals surface area contributed by atoms with E-state index in [9.17, 15) is 0 Å². The van der Waals surface area contributed by atoms with Gasteiger partial charge in [-0.3, -0.25) is 0 Å². The summed E-state index contributed by atoms with van der Waals surface area (Å²) in [4.78, 5) is 0. The van der Waals surface area contributed by atoms with Gasteiger partial charge >= 0.3 is 0 Å². The third kappa shape index (κ3) is 6.74. The van der Waals surface area contributed by atoms with Gasteiger partial charge in [0.2, 0.25) is 0 Å². The van der Waals surface area contributed by atoms with Crippen LogP contribution in [0.1, 0.15) is 51.2 Å². The molecule has 0 bridgehead atoms. The Bertz CT molecular complexity index is 349. The van der Waals surface area contributed by atoms with Gasteiger partial charge in [0, 0.05) is 19.7 Å². The molecule has 0 saturated heterocycles. The van der Waals surface area contributed by atoms with Gasteiger partial charge in [0.05, 0.1) is 6.61 Å². The van der Waals surface area contributed by atoms with Gasteiger partial charge in [-0.15, -0.1) is 0 Å². The zero-order valence-corrected chi connectivity index (χ0v) is 12.9. The number of ether oxygens (including phenoxy) is 1. The van der Waals surface area contributed by atoms with Crippen LogP contribution in [0, 0.1) is 5.92 Å². The normalized spacial score (nSPS) is 12.9. The molecule has 0 amide bonds. The quantitative estimate of drug-likeness (QED) is 0.723. The molecular formula is C17H29NO. The van der Waals surface area contributed by atoms with Crippen LogP contribution in [-0.2, 0) is 17.9 Å². The summed E-state index contributed by atoms with van der Waals surface area (Å²) in [6.45, 7) is 8.49. The highest BCUT2D eigenvalue weighted by Gasteiger charge is 2.05. The lowest BCUT2D eigenvalue weighted by atomic mass is 10.0. The summed E-state index contributed by atoms with van der Waals surface area (Å²) in [5, 5.41) is 3.62. The molecule has 108 valence electrons. The van der Waals surface area contributed by atoms with Crippen molar-refractivity contribution >= 4 is 0 Å². The SMILES string of the molecule is COCc1ccccc1CNC(C)CCCC(C)C. The van der Waals surface area contributed by atoms with Crippen molar-refractivity contribution in [3.05, 3.63) is 35.4 Å². The number of hydrogen-bond acceptors (Lipinski definition) is 2. The number of nitrogens with one attached hydrogen (secondary N) is 1. The van der Waals surface area contributed by atoms with Gasteiger partial charge in [0.25, 0.3) is 0 Å². The first-order valence-electron chi connectivity index (χ1n) is 7.42. The van der Waals surface area contributed by atoms with Crippen molar-refractivity contribution in [1.82, 2.24) is 5.32 Å². The van der Waals surface area contributed by atoms with Crippen LogP contribution in [0.5, 0.6) is 0 Å². The van der Waals surface area contributed by atoms with Crippen molar-refractivity contribution < 1.29 is 4.74 Å². The van der Waals surface area contributed by atoms with Gasteiger partial charge < -0.3 is 10.1 Å². The topological polar surface area (TPSA) is 21.3 Å². The Hall–Kier alpha value is -0.860. The molecule has 2 nitrogen and oxygen atoms in total. The lowest BCUT2D eigenvalue weighted by molar-refractivity contribution is 0.184. The molecule has 1 N–H and O–H groups in total. The summed E-state index contributed by atoms with van der Waals surface area (Å²) in [5.41, 5.74) is 2.63. The molecule has 0 aliphatic rings. The van der Waals surface area contributed by atoms with Crippen molar-refractivity contribution in [3.8, 4) is 0 Å². The van der Waals surface area contributed by atoms with Crippen LogP contribution in [0.15, 0.2) is 24.3 Å². The van der Waals surface area contributed by atoms with Crippen molar-refractivity contribution in [1.29, 1.82) is 0 Å². The van der Waals surface area contributed by atoms with Crippen LogP contribution in [0.4, 0.5) is 0 Å². The molecule has 1 rings (SSSR count). The van der Waals surface area contributed by atoms with Crippen LogP contribution >= 0.6 is 0 Å². The predicted molar refractivity (Wildman–Crippen MR) is 82.1 cm³/mol. The summed E-state index contributed by atoms with van der Waals surface area (Å²) in [7, 11) is 1.75. The Morgan fingerprint density at radius 3 is 2.37 bits per heavy atom. The molecule has 0 heterocycles. The van der Waals surface area contributed by atoms with E-state index in [1.807, 2.05) is 0 Å². The number of rotatable bonds is 9. The van der Waals surface area contributed by atoms with Crippen LogP contribution in [0.2, 0.25) is 0 Å². The molecule has 0 saturated carbocycles. The largest absolute Gasteiger partial charge is 0.380 e. The van der Waals surface area contributed by atoms with E-state index in [1.165, 1.54) is 30.4 Å². The van der Waals surface area contributed by atoms with Gasteiger partial charge in [-0.1, -0.05) is 51.0 Å². The Kier molecular flexibility index (Phi) is 7.76. The molecule has 1 aromatic carbocycles. The summed E-state index contributed by atoms with van der Waals surface area (Å²) >= 11 is 0. The van der Waals surface area contributed by atoms with E-state index >= 15 is 0 Å². The fourth-order valence-corrected chi connectivity index (χ4v) is 2.24. The molecule has 1 aromatic rings. The van der Waals surface area contributed by atoms with Gasteiger partial charge in [-0.05, 0) is 30.4 Å². The van der Waals surface area contributed by atoms with E-state index < -0.39 is 0 Å². The van der Waals surface area contributed by atoms with Crippen LogP contribution < -0.4 is 5.32 Å². The molecule has 1 atom stereocenters. The first-order valence-corrected chi connectivity index (χ1v) is 7.42. The maximum Gasteiger partial charge on any atom is 0.0716 e. The number of benzene rings is 1. The van der Waals surface area contributed by atoms with Crippen molar-refractivity contribution in [2.45, 2.75) is 59.2 Å². The Morgan fingerprint density at radius 1 is 1.05 bits per heavy atom. The fourth-order valence-electron chi connectivity index (χ4n) is 2.24. The lowest BCUT2D eigenvalue weighted by Crippen LogP contribution is -2.26. The minimum absolute atomic E-state index is 0.578. The molecule has 0 radical (unpaired) electrons. The van der Waals surface area contributed by atoms with Gasteiger partial charge in [-0.25, -0.2) is 0 Å². The molecular weight excluding hydrogens is 234 g/mol. The van der Waals surface area contributed by atoms with E-state index in [-0.39, 0.29) is 0 Å². The fraction of sp³-hybridized carbons (Fsp3) is 0.647. The monoisotopic (exact) mass is 263 g/mol. The highest BCUT2D eigenvalue weighted by Crippen LogP contribution is 2.12. The Labute approximate surface area is 118 Å². The van der Waals surface area contributed by atoms with E-state index in [0.717, 1.165) is 12.5 Å². The average molecular weight is 263 g/mol. The summed E-state index contributed by atoms with van der Waals surface area (Å²) < 4.78 is 5.24. The van der Waals surface area contributed by atoms with Gasteiger partial charge in [0.15, 0.2) is 0 Å². The molecule has 0 aliphatic carbocycles. The van der Waals surface area contributed by atoms with Crippen molar-refractivity contribution in [2.75, 3.05) is 7.11 Å². The predicted octanol–water partition coefficient (Wildman–Crippen LogP) is 4.14. The van der Waals surface area contributed by atoms with Crippen LogP contribution in [0.3, 0.4) is 0 Å². The molecule has 0 fully saturated rings. The average Bonchev–Trinajstić information content (AvgIpc) is 2.37. The maximum atomic E-state index is 5.24. The number of hydrogen-bond donors (Lipinski definition) is 1. The first-order chi connectivity index (χ1) is 9.13. The maximum absolute atomic E-state index is 5.24. The zero-order chi connectivity index (χ0) is 14.1. The minimum atomic E-state index is 0.578. The van der Waals surface area contributed by atoms with E-state index in [4.69, 9.17) is 4.74 Å².